The van der Waals surface area contributed by atoms with Crippen molar-refractivity contribution in [3.8, 4) is 0 Å². The molecule has 1 heterocycles. The summed E-state index contributed by atoms with van der Waals surface area (Å²) in [6.45, 7) is 9.34. The number of carbonyl (C=O) groups excluding carboxylic acids is 1. The van der Waals surface area contributed by atoms with E-state index in [4.69, 9.17) is 0 Å². The first kappa shape index (κ1) is 23.8. The molecule has 0 fully saturated rings. The van der Waals surface area contributed by atoms with Crippen molar-refractivity contribution >= 4 is 68.8 Å². The minimum Gasteiger partial charge on any atom is -0.357 e. The van der Waals surface area contributed by atoms with Gasteiger partial charge < -0.3 is 16.0 Å². The standard InChI is InChI=1S/C18H24BrN5OS.HI/c1-5-20-18(21-9-16-12(3)23-13(4)26-16)22-10-17(25)24-15-8-14(19)7-6-11(15)2;/h6-8H,5,9-10H2,1-4H3,(H,24,25)(H2,20,21,22);1H. The molecule has 0 radical (unpaired) electrons. The van der Waals surface area contributed by atoms with E-state index >= 15 is 0 Å². The number of anilines is 1. The molecular weight excluding hydrogens is 541 g/mol. The molecular formula is C18H25BrIN5OS. The Labute approximate surface area is 189 Å². The van der Waals surface area contributed by atoms with E-state index in [-0.39, 0.29) is 36.4 Å². The van der Waals surface area contributed by atoms with E-state index in [0.717, 1.165) is 33.0 Å². The molecule has 148 valence electrons. The van der Waals surface area contributed by atoms with E-state index in [1.165, 1.54) is 4.88 Å². The Morgan fingerprint density at radius 3 is 2.63 bits per heavy atom. The smallest absolute Gasteiger partial charge is 0.246 e. The van der Waals surface area contributed by atoms with Crippen LogP contribution in [0, 0.1) is 20.8 Å². The number of carbonyl (C=O) groups is 1. The number of amides is 1. The van der Waals surface area contributed by atoms with Gasteiger partial charge in [0.15, 0.2) is 5.96 Å². The second kappa shape index (κ2) is 11.6. The normalized spacial score (nSPS) is 10.9. The number of hydrogen-bond donors (Lipinski definition) is 3. The number of nitrogens with zero attached hydrogens (tertiary/aromatic N) is 2. The second-order valence-electron chi connectivity index (χ2n) is 5.80. The zero-order valence-electron chi connectivity index (χ0n) is 15.9. The minimum atomic E-state index is -0.159. The van der Waals surface area contributed by atoms with Gasteiger partial charge in [0.25, 0.3) is 0 Å². The van der Waals surface area contributed by atoms with Crippen LogP contribution in [0.4, 0.5) is 5.69 Å². The third-order valence-corrected chi connectivity index (χ3v) is 5.18. The lowest BCUT2D eigenvalue weighted by Gasteiger charge is -2.11. The lowest BCUT2D eigenvalue weighted by molar-refractivity contribution is -0.114. The SMILES string of the molecule is CCNC(=NCC(=O)Nc1cc(Br)ccc1C)NCc1sc(C)nc1C.I. The number of guanidine groups is 1. The Hall–Kier alpha value is -1.20. The van der Waals surface area contributed by atoms with Crippen molar-refractivity contribution in [3.63, 3.8) is 0 Å². The fourth-order valence-electron chi connectivity index (χ4n) is 2.31. The van der Waals surface area contributed by atoms with Gasteiger partial charge in [-0.1, -0.05) is 22.0 Å². The number of aromatic nitrogens is 1. The van der Waals surface area contributed by atoms with E-state index in [1.807, 2.05) is 45.9 Å². The van der Waals surface area contributed by atoms with E-state index < -0.39 is 0 Å². The maximum absolute atomic E-state index is 12.2. The van der Waals surface area contributed by atoms with E-state index in [0.29, 0.717) is 12.5 Å². The summed E-state index contributed by atoms with van der Waals surface area (Å²) >= 11 is 5.08. The number of benzene rings is 1. The monoisotopic (exact) mass is 565 g/mol. The molecule has 2 aromatic rings. The van der Waals surface area contributed by atoms with Gasteiger partial charge in [0.2, 0.25) is 5.91 Å². The largest absolute Gasteiger partial charge is 0.357 e. The summed E-state index contributed by atoms with van der Waals surface area (Å²) in [6.07, 6.45) is 0. The van der Waals surface area contributed by atoms with E-state index in [1.54, 1.807) is 11.3 Å². The second-order valence-corrected chi connectivity index (χ2v) is 8.00. The van der Waals surface area contributed by atoms with Gasteiger partial charge >= 0.3 is 0 Å². The van der Waals surface area contributed by atoms with Crippen LogP contribution in [0.25, 0.3) is 0 Å². The molecule has 1 aromatic heterocycles. The lowest BCUT2D eigenvalue weighted by atomic mass is 10.2. The summed E-state index contributed by atoms with van der Waals surface area (Å²) in [5, 5.41) is 10.3. The van der Waals surface area contributed by atoms with Crippen LogP contribution in [0.2, 0.25) is 0 Å². The quantitative estimate of drug-likeness (QED) is 0.279. The first-order valence-corrected chi connectivity index (χ1v) is 10.0. The predicted molar refractivity (Wildman–Crippen MR) is 127 cm³/mol. The number of halogens is 2. The third-order valence-electron chi connectivity index (χ3n) is 3.61. The Morgan fingerprint density at radius 2 is 2.00 bits per heavy atom. The molecule has 0 aliphatic rings. The Kier molecular flexibility index (Phi) is 10.2. The van der Waals surface area contributed by atoms with Crippen molar-refractivity contribution in [1.82, 2.24) is 15.6 Å². The molecule has 6 nitrogen and oxygen atoms in total. The van der Waals surface area contributed by atoms with Crippen molar-refractivity contribution in [3.05, 3.63) is 43.8 Å². The molecule has 0 aliphatic carbocycles. The zero-order chi connectivity index (χ0) is 19.1. The van der Waals surface area contributed by atoms with Crippen LogP contribution in [0.3, 0.4) is 0 Å². The molecule has 0 atom stereocenters. The number of thiazole rings is 1. The summed E-state index contributed by atoms with van der Waals surface area (Å²) in [4.78, 5) is 22.2. The highest BCUT2D eigenvalue weighted by molar-refractivity contribution is 14.0. The topological polar surface area (TPSA) is 78.4 Å². The Morgan fingerprint density at radius 1 is 1.26 bits per heavy atom. The average Bonchev–Trinajstić information content (AvgIpc) is 2.91. The van der Waals surface area contributed by atoms with Crippen molar-refractivity contribution in [2.24, 2.45) is 4.99 Å². The van der Waals surface area contributed by atoms with Gasteiger partial charge in [-0.05, 0) is 45.4 Å². The summed E-state index contributed by atoms with van der Waals surface area (Å²) in [6, 6.07) is 5.78. The Bertz CT molecular complexity index is 809. The molecule has 27 heavy (non-hydrogen) atoms. The van der Waals surface area contributed by atoms with Gasteiger partial charge in [0.1, 0.15) is 6.54 Å². The number of hydrogen-bond acceptors (Lipinski definition) is 4. The van der Waals surface area contributed by atoms with Crippen LogP contribution in [-0.4, -0.2) is 29.9 Å². The van der Waals surface area contributed by atoms with Crippen LogP contribution in [0.5, 0.6) is 0 Å². The molecule has 9 heteroatoms. The first-order valence-electron chi connectivity index (χ1n) is 8.40. The molecule has 1 aromatic carbocycles. The highest BCUT2D eigenvalue weighted by Crippen LogP contribution is 2.20. The third kappa shape index (κ3) is 7.74. The molecule has 0 aliphatic heterocycles. The van der Waals surface area contributed by atoms with Gasteiger partial charge in [-0.15, -0.1) is 35.3 Å². The minimum absolute atomic E-state index is 0. The maximum Gasteiger partial charge on any atom is 0.246 e. The van der Waals surface area contributed by atoms with Crippen LogP contribution in [0.1, 0.15) is 28.1 Å². The molecule has 0 bridgehead atoms. The lowest BCUT2D eigenvalue weighted by Crippen LogP contribution is -2.37. The number of nitrogens with one attached hydrogen (secondary N) is 3. The average molecular weight is 566 g/mol. The van der Waals surface area contributed by atoms with Crippen LogP contribution in [0.15, 0.2) is 27.7 Å². The fraction of sp³-hybridized carbons (Fsp3) is 0.389. The highest BCUT2D eigenvalue weighted by Gasteiger charge is 2.08. The summed E-state index contributed by atoms with van der Waals surface area (Å²) in [5.74, 6) is 0.451. The molecule has 2 rings (SSSR count). The summed E-state index contributed by atoms with van der Waals surface area (Å²) in [5.41, 5.74) is 2.82. The van der Waals surface area contributed by atoms with E-state index in [9.17, 15) is 4.79 Å². The zero-order valence-corrected chi connectivity index (χ0v) is 20.6. The molecule has 0 spiro atoms. The van der Waals surface area contributed by atoms with Crippen LogP contribution >= 0.6 is 51.2 Å². The number of rotatable bonds is 6. The Balaban J connectivity index is 0.00000364. The van der Waals surface area contributed by atoms with Crippen molar-refractivity contribution in [1.29, 1.82) is 0 Å². The van der Waals surface area contributed by atoms with Gasteiger partial charge in [-0.2, -0.15) is 0 Å². The molecule has 0 saturated heterocycles. The predicted octanol–water partition coefficient (Wildman–Crippen LogP) is 4.14. The van der Waals surface area contributed by atoms with Gasteiger partial charge in [-0.3, -0.25) is 4.79 Å². The number of aliphatic imine (C=N–C) groups is 1. The first-order chi connectivity index (χ1) is 12.4. The molecule has 0 unspecified atom stereocenters. The highest BCUT2D eigenvalue weighted by atomic mass is 127. The summed E-state index contributed by atoms with van der Waals surface area (Å²) < 4.78 is 0.923. The van der Waals surface area contributed by atoms with Crippen LogP contribution < -0.4 is 16.0 Å². The van der Waals surface area contributed by atoms with Gasteiger partial charge in [0, 0.05) is 21.6 Å². The summed E-state index contributed by atoms with van der Waals surface area (Å²) in [7, 11) is 0. The fourth-order valence-corrected chi connectivity index (χ4v) is 3.55. The molecule has 0 saturated carbocycles. The molecule has 3 N–H and O–H groups in total. The van der Waals surface area contributed by atoms with Gasteiger partial charge in [0.05, 0.1) is 17.2 Å². The van der Waals surface area contributed by atoms with E-state index in [2.05, 4.69) is 41.9 Å². The maximum atomic E-state index is 12.2. The van der Waals surface area contributed by atoms with Crippen LogP contribution in [-0.2, 0) is 11.3 Å². The van der Waals surface area contributed by atoms with Gasteiger partial charge in [-0.25, -0.2) is 9.98 Å². The van der Waals surface area contributed by atoms with Crippen molar-refractivity contribution in [2.45, 2.75) is 34.2 Å². The van der Waals surface area contributed by atoms with Crippen molar-refractivity contribution < 1.29 is 4.79 Å². The number of aryl methyl sites for hydroxylation is 3. The van der Waals surface area contributed by atoms with Crippen molar-refractivity contribution in [2.75, 3.05) is 18.4 Å². The molecule has 1 amide bonds.